The molecule has 0 saturated heterocycles. The monoisotopic (exact) mass is 415 g/mol. The highest BCUT2D eigenvalue weighted by molar-refractivity contribution is 6.35. The van der Waals surface area contributed by atoms with Crippen molar-refractivity contribution in [1.82, 2.24) is 9.88 Å². The van der Waals surface area contributed by atoms with Gasteiger partial charge in [0.05, 0.1) is 12.2 Å². The molecule has 1 aromatic heterocycles. The van der Waals surface area contributed by atoms with Crippen LogP contribution in [-0.4, -0.2) is 40.0 Å². The molecule has 0 fully saturated rings. The number of aromatic nitrogens is 1. The Kier molecular flexibility index (Phi) is 5.73. The van der Waals surface area contributed by atoms with Crippen molar-refractivity contribution in [2.75, 3.05) is 18.5 Å². The van der Waals surface area contributed by atoms with Crippen LogP contribution in [0.3, 0.4) is 0 Å². The molecule has 1 aliphatic heterocycles. The molecule has 0 spiro atoms. The summed E-state index contributed by atoms with van der Waals surface area (Å²) < 4.78 is 0. The molecule has 0 atom stereocenters. The summed E-state index contributed by atoms with van der Waals surface area (Å²) in [4.78, 5) is 30.6. The number of anilines is 1. The summed E-state index contributed by atoms with van der Waals surface area (Å²) in [6.07, 6.45) is 1.85. The van der Waals surface area contributed by atoms with Gasteiger partial charge in [-0.1, -0.05) is 36.4 Å². The molecule has 0 radical (unpaired) electrons. The Morgan fingerprint density at radius 1 is 1.10 bits per heavy atom. The van der Waals surface area contributed by atoms with Crippen LogP contribution >= 0.6 is 0 Å². The molecule has 0 aliphatic carbocycles. The van der Waals surface area contributed by atoms with Gasteiger partial charge in [0, 0.05) is 41.3 Å². The van der Waals surface area contributed by atoms with Crippen LogP contribution in [0.1, 0.15) is 38.4 Å². The molecule has 0 bridgehead atoms. The van der Waals surface area contributed by atoms with E-state index in [-0.39, 0.29) is 25.0 Å². The number of nitrogens with zero attached hydrogens (tertiary/aromatic N) is 1. The van der Waals surface area contributed by atoms with Crippen molar-refractivity contribution in [1.29, 1.82) is 0 Å². The number of hydrogen-bond donors (Lipinski definition) is 3. The second-order valence-corrected chi connectivity index (χ2v) is 7.76. The molecule has 4 rings (SSSR count). The topological polar surface area (TPSA) is 85.4 Å². The van der Waals surface area contributed by atoms with E-state index in [1.54, 1.807) is 23.1 Å². The zero-order valence-corrected chi connectivity index (χ0v) is 17.6. The lowest BCUT2D eigenvalue weighted by Crippen LogP contribution is -2.33. The second kappa shape index (κ2) is 8.62. The number of benzene rings is 2. The van der Waals surface area contributed by atoms with Crippen molar-refractivity contribution >= 4 is 29.2 Å². The van der Waals surface area contributed by atoms with Gasteiger partial charge in [0.2, 0.25) is 0 Å². The van der Waals surface area contributed by atoms with E-state index in [0.29, 0.717) is 23.4 Å². The Hall–Kier alpha value is -3.64. The predicted octanol–water partition coefficient (Wildman–Crippen LogP) is 3.76. The maximum Gasteiger partial charge on any atom is 0.256 e. The number of aliphatic hydroxyl groups excluding tert-OH is 1. The van der Waals surface area contributed by atoms with Crippen LogP contribution in [0, 0.1) is 13.8 Å². The standard InChI is InChI=1S/C25H25N3O3/c1-16-12-17(2)26-22(16)14-21-20-9-8-19(13-23(20)27-24(21)30)25(31)28(10-11-29)15-18-6-4-3-5-7-18/h3-9,12-14,26,29H,10-11,15H2,1-2H3,(H,27,30)/b21-14-. The summed E-state index contributed by atoms with van der Waals surface area (Å²) in [7, 11) is 0. The van der Waals surface area contributed by atoms with Gasteiger partial charge >= 0.3 is 0 Å². The van der Waals surface area contributed by atoms with Crippen molar-refractivity contribution in [2.45, 2.75) is 20.4 Å². The Labute approximate surface area is 181 Å². The minimum atomic E-state index is -0.192. The number of H-pyrrole nitrogens is 1. The molecule has 0 saturated carbocycles. The Morgan fingerprint density at radius 3 is 2.55 bits per heavy atom. The highest BCUT2D eigenvalue weighted by atomic mass is 16.3. The third-order valence-electron chi connectivity index (χ3n) is 5.40. The highest BCUT2D eigenvalue weighted by Crippen LogP contribution is 2.34. The third kappa shape index (κ3) is 4.29. The lowest BCUT2D eigenvalue weighted by Gasteiger charge is -2.22. The number of rotatable bonds is 6. The molecule has 3 aromatic rings. The smallest absolute Gasteiger partial charge is 0.256 e. The van der Waals surface area contributed by atoms with Gasteiger partial charge in [-0.25, -0.2) is 0 Å². The fourth-order valence-electron chi connectivity index (χ4n) is 3.87. The molecule has 6 heteroatoms. The first-order valence-electron chi connectivity index (χ1n) is 10.2. The van der Waals surface area contributed by atoms with Gasteiger partial charge in [0.1, 0.15) is 0 Å². The Bertz CT molecular complexity index is 1160. The molecule has 2 amide bonds. The Balaban J connectivity index is 1.62. The van der Waals surface area contributed by atoms with E-state index >= 15 is 0 Å². The van der Waals surface area contributed by atoms with Gasteiger partial charge in [-0.2, -0.15) is 0 Å². The van der Waals surface area contributed by atoms with Gasteiger partial charge in [-0.3, -0.25) is 9.59 Å². The van der Waals surface area contributed by atoms with Crippen molar-refractivity contribution in [3.8, 4) is 0 Å². The first-order chi connectivity index (χ1) is 15.0. The number of carbonyl (C=O) groups is 2. The summed E-state index contributed by atoms with van der Waals surface area (Å²) in [6.45, 7) is 4.48. The van der Waals surface area contributed by atoms with Crippen LogP contribution < -0.4 is 5.32 Å². The summed E-state index contributed by atoms with van der Waals surface area (Å²) >= 11 is 0. The number of carbonyl (C=O) groups excluding carboxylic acids is 2. The fraction of sp³-hybridized carbons (Fsp3) is 0.200. The molecule has 2 heterocycles. The SMILES string of the molecule is Cc1cc(C)c(/C=C2\C(=O)Nc3cc(C(=O)N(CCO)Cc4ccccc4)ccc32)[nH]1. The third-order valence-corrected chi connectivity index (χ3v) is 5.40. The maximum absolute atomic E-state index is 13.1. The van der Waals surface area contributed by atoms with Crippen LogP contribution in [0.25, 0.3) is 11.6 Å². The molecule has 3 N–H and O–H groups in total. The van der Waals surface area contributed by atoms with Gasteiger partial charge in [-0.15, -0.1) is 0 Å². The minimum absolute atomic E-state index is 0.123. The molecule has 6 nitrogen and oxygen atoms in total. The van der Waals surface area contributed by atoms with E-state index in [0.717, 1.165) is 28.1 Å². The summed E-state index contributed by atoms with van der Waals surface area (Å²) in [6, 6.07) is 16.9. The van der Waals surface area contributed by atoms with E-state index < -0.39 is 0 Å². The predicted molar refractivity (Wildman–Crippen MR) is 121 cm³/mol. The van der Waals surface area contributed by atoms with E-state index in [4.69, 9.17) is 0 Å². The van der Waals surface area contributed by atoms with Gasteiger partial charge in [0.15, 0.2) is 0 Å². The van der Waals surface area contributed by atoms with Gasteiger partial charge in [0.25, 0.3) is 11.8 Å². The number of aromatic amines is 1. The van der Waals surface area contributed by atoms with Crippen LogP contribution in [0.4, 0.5) is 5.69 Å². The zero-order valence-electron chi connectivity index (χ0n) is 17.6. The number of fused-ring (bicyclic) bond motifs is 1. The molecular formula is C25H25N3O3. The van der Waals surface area contributed by atoms with Gasteiger partial charge in [-0.05, 0) is 49.2 Å². The summed E-state index contributed by atoms with van der Waals surface area (Å²) in [5, 5.41) is 12.3. The van der Waals surface area contributed by atoms with Gasteiger partial charge < -0.3 is 20.3 Å². The first-order valence-corrected chi connectivity index (χ1v) is 10.2. The van der Waals surface area contributed by atoms with Crippen LogP contribution in [0.2, 0.25) is 0 Å². The van der Waals surface area contributed by atoms with Crippen molar-refractivity contribution in [3.63, 3.8) is 0 Å². The quantitative estimate of drug-likeness (QED) is 0.536. The first kappa shape index (κ1) is 20.6. The van der Waals surface area contributed by atoms with Crippen LogP contribution in [0.15, 0.2) is 54.6 Å². The van der Waals surface area contributed by atoms with Crippen molar-refractivity contribution in [2.24, 2.45) is 0 Å². The maximum atomic E-state index is 13.1. The molecule has 2 aromatic carbocycles. The summed E-state index contributed by atoms with van der Waals surface area (Å²) in [5.41, 5.74) is 6.40. The normalized spacial score (nSPS) is 13.9. The highest BCUT2D eigenvalue weighted by Gasteiger charge is 2.26. The zero-order chi connectivity index (χ0) is 22.0. The lowest BCUT2D eigenvalue weighted by atomic mass is 10.0. The fourth-order valence-corrected chi connectivity index (χ4v) is 3.87. The van der Waals surface area contributed by atoms with Crippen molar-refractivity contribution < 1.29 is 14.7 Å². The number of amides is 2. The van der Waals surface area contributed by atoms with E-state index in [2.05, 4.69) is 10.3 Å². The van der Waals surface area contributed by atoms with E-state index in [9.17, 15) is 14.7 Å². The molecule has 1 aliphatic rings. The number of hydrogen-bond acceptors (Lipinski definition) is 3. The van der Waals surface area contributed by atoms with E-state index in [1.807, 2.05) is 56.3 Å². The Morgan fingerprint density at radius 2 is 1.87 bits per heavy atom. The van der Waals surface area contributed by atoms with Crippen molar-refractivity contribution in [3.05, 3.63) is 88.2 Å². The van der Waals surface area contributed by atoms with Crippen LogP contribution in [-0.2, 0) is 11.3 Å². The summed E-state index contributed by atoms with van der Waals surface area (Å²) in [5.74, 6) is -0.383. The molecule has 158 valence electrons. The van der Waals surface area contributed by atoms with E-state index in [1.165, 1.54) is 0 Å². The van der Waals surface area contributed by atoms with Crippen LogP contribution in [0.5, 0.6) is 0 Å². The number of aryl methyl sites for hydroxylation is 2. The largest absolute Gasteiger partial charge is 0.395 e. The average molecular weight is 415 g/mol. The number of nitrogens with one attached hydrogen (secondary N) is 2. The lowest BCUT2D eigenvalue weighted by molar-refractivity contribution is -0.110. The number of aliphatic hydroxyl groups is 1. The average Bonchev–Trinajstić information content (AvgIpc) is 3.25. The molecule has 31 heavy (non-hydrogen) atoms. The molecule has 0 unspecified atom stereocenters. The minimum Gasteiger partial charge on any atom is -0.395 e. The second-order valence-electron chi connectivity index (χ2n) is 7.76. The molecular weight excluding hydrogens is 390 g/mol.